The molecule has 6 nitrogen and oxygen atoms in total. The summed E-state index contributed by atoms with van der Waals surface area (Å²) in [6, 6.07) is 14.5. The van der Waals surface area contributed by atoms with Crippen LogP contribution in [0.4, 0.5) is 0 Å². The third-order valence-corrected chi connectivity index (χ3v) is 4.28. The maximum absolute atomic E-state index is 11.8. The number of aromatic carboxylic acids is 1. The predicted molar refractivity (Wildman–Crippen MR) is 84.0 cm³/mol. The summed E-state index contributed by atoms with van der Waals surface area (Å²) < 4.78 is 33.3. The van der Waals surface area contributed by atoms with Crippen LogP contribution in [0.1, 0.15) is 10.4 Å². The first-order chi connectivity index (χ1) is 10.9. The van der Waals surface area contributed by atoms with Crippen LogP contribution >= 0.6 is 0 Å². The molecule has 3 rings (SSSR count). The van der Waals surface area contributed by atoms with E-state index < -0.39 is 26.5 Å². The largest absolute Gasteiger partial charge is 0.478 e. The Morgan fingerprint density at radius 2 is 1.57 bits per heavy atom. The number of para-hydroxylation sites is 1. The Hall–Kier alpha value is -2.77. The second-order valence-electron chi connectivity index (χ2n) is 4.83. The molecule has 0 saturated heterocycles. The summed E-state index contributed by atoms with van der Waals surface area (Å²) in [4.78, 5) is 15.2. The van der Waals surface area contributed by atoms with Crippen LogP contribution in [-0.2, 0) is 10.1 Å². The number of rotatable bonds is 3. The molecule has 0 fully saturated rings. The summed E-state index contributed by atoms with van der Waals surface area (Å²) in [5.74, 6) is -1.45. The van der Waals surface area contributed by atoms with Gasteiger partial charge in [-0.2, -0.15) is 8.42 Å². The average Bonchev–Trinajstić information content (AvgIpc) is 2.52. The SMILES string of the molecule is O=C(O)c1c(S(=O)(=O)O)c(-c2ccccc2)nc2ccccc12. The summed E-state index contributed by atoms with van der Waals surface area (Å²) in [5.41, 5.74) is 0.144. The van der Waals surface area contributed by atoms with Crippen LogP contribution in [0.3, 0.4) is 0 Å². The van der Waals surface area contributed by atoms with Gasteiger partial charge in [0.05, 0.1) is 16.8 Å². The average molecular weight is 329 g/mol. The number of pyridine rings is 1. The lowest BCUT2D eigenvalue weighted by Crippen LogP contribution is -2.12. The Morgan fingerprint density at radius 3 is 2.17 bits per heavy atom. The van der Waals surface area contributed by atoms with Crippen molar-refractivity contribution in [2.75, 3.05) is 0 Å². The molecule has 0 bridgehead atoms. The van der Waals surface area contributed by atoms with E-state index in [-0.39, 0.29) is 11.1 Å². The highest BCUT2D eigenvalue weighted by Crippen LogP contribution is 2.33. The number of fused-ring (bicyclic) bond motifs is 1. The van der Waals surface area contributed by atoms with E-state index in [1.54, 1.807) is 48.5 Å². The topological polar surface area (TPSA) is 105 Å². The number of carboxylic acid groups (broad SMARTS) is 1. The molecular weight excluding hydrogens is 318 g/mol. The molecule has 116 valence electrons. The molecule has 0 radical (unpaired) electrons. The molecule has 2 aromatic carbocycles. The number of hydrogen-bond acceptors (Lipinski definition) is 4. The molecular formula is C16H11NO5S. The van der Waals surface area contributed by atoms with Crippen LogP contribution in [0.25, 0.3) is 22.2 Å². The first-order valence-electron chi connectivity index (χ1n) is 6.58. The van der Waals surface area contributed by atoms with E-state index in [2.05, 4.69) is 4.98 Å². The van der Waals surface area contributed by atoms with Crippen molar-refractivity contribution in [3.63, 3.8) is 0 Å². The third kappa shape index (κ3) is 2.67. The van der Waals surface area contributed by atoms with Gasteiger partial charge < -0.3 is 5.11 Å². The highest BCUT2D eigenvalue weighted by Gasteiger charge is 2.29. The highest BCUT2D eigenvalue weighted by atomic mass is 32.2. The zero-order valence-electron chi connectivity index (χ0n) is 11.7. The van der Waals surface area contributed by atoms with Crippen LogP contribution in [0, 0.1) is 0 Å². The van der Waals surface area contributed by atoms with Gasteiger partial charge in [-0.25, -0.2) is 9.78 Å². The van der Waals surface area contributed by atoms with E-state index in [1.807, 2.05) is 0 Å². The van der Waals surface area contributed by atoms with Crippen molar-refractivity contribution in [1.82, 2.24) is 4.98 Å². The molecule has 7 heteroatoms. The van der Waals surface area contributed by atoms with E-state index in [9.17, 15) is 22.9 Å². The minimum Gasteiger partial charge on any atom is -0.478 e. The number of nitrogens with zero attached hydrogens (tertiary/aromatic N) is 1. The molecule has 0 unspecified atom stereocenters. The summed E-state index contributed by atoms with van der Waals surface area (Å²) in [5, 5.41) is 9.64. The van der Waals surface area contributed by atoms with Gasteiger partial charge in [0.2, 0.25) is 0 Å². The molecule has 0 aliphatic heterocycles. The zero-order chi connectivity index (χ0) is 16.6. The maximum atomic E-state index is 11.8. The minimum absolute atomic E-state index is 0.0933. The summed E-state index contributed by atoms with van der Waals surface area (Å²) in [6.45, 7) is 0. The molecule has 1 aromatic heterocycles. The summed E-state index contributed by atoms with van der Waals surface area (Å²) in [7, 11) is -4.79. The zero-order valence-corrected chi connectivity index (χ0v) is 12.5. The molecule has 2 N–H and O–H groups in total. The van der Waals surface area contributed by atoms with Crippen LogP contribution in [0.15, 0.2) is 59.5 Å². The molecule has 23 heavy (non-hydrogen) atoms. The summed E-state index contributed by atoms with van der Waals surface area (Å²) in [6.07, 6.45) is 0. The first-order valence-corrected chi connectivity index (χ1v) is 8.02. The Kier molecular flexibility index (Phi) is 3.59. The van der Waals surface area contributed by atoms with Crippen molar-refractivity contribution in [3.8, 4) is 11.3 Å². The van der Waals surface area contributed by atoms with E-state index in [0.717, 1.165) is 0 Å². The predicted octanol–water partition coefficient (Wildman–Crippen LogP) is 2.85. The van der Waals surface area contributed by atoms with E-state index in [1.165, 1.54) is 6.07 Å². The molecule has 0 aliphatic rings. The van der Waals surface area contributed by atoms with Gasteiger partial charge >= 0.3 is 5.97 Å². The lowest BCUT2D eigenvalue weighted by Gasteiger charge is -2.12. The van der Waals surface area contributed by atoms with Crippen molar-refractivity contribution in [2.45, 2.75) is 4.90 Å². The lowest BCUT2D eigenvalue weighted by molar-refractivity contribution is 0.0694. The van der Waals surface area contributed by atoms with Crippen LogP contribution in [0.5, 0.6) is 0 Å². The van der Waals surface area contributed by atoms with E-state index >= 15 is 0 Å². The Labute approximate surface area is 131 Å². The van der Waals surface area contributed by atoms with Crippen LogP contribution < -0.4 is 0 Å². The summed E-state index contributed by atoms with van der Waals surface area (Å²) >= 11 is 0. The van der Waals surface area contributed by atoms with Crippen LogP contribution in [0.2, 0.25) is 0 Å². The van der Waals surface area contributed by atoms with E-state index in [4.69, 9.17) is 0 Å². The third-order valence-electron chi connectivity index (χ3n) is 3.37. The number of aromatic nitrogens is 1. The second kappa shape index (κ2) is 5.45. The Balaban J connectivity index is 2.56. The maximum Gasteiger partial charge on any atom is 0.337 e. The van der Waals surface area contributed by atoms with Crippen molar-refractivity contribution in [2.24, 2.45) is 0 Å². The molecule has 3 aromatic rings. The smallest absolute Gasteiger partial charge is 0.337 e. The van der Waals surface area contributed by atoms with Crippen LogP contribution in [-0.4, -0.2) is 29.0 Å². The molecule has 0 spiro atoms. The number of carbonyl (C=O) groups is 1. The highest BCUT2D eigenvalue weighted by molar-refractivity contribution is 7.86. The fraction of sp³-hybridized carbons (Fsp3) is 0. The van der Waals surface area contributed by atoms with Gasteiger partial charge in [-0.1, -0.05) is 48.5 Å². The normalized spacial score (nSPS) is 11.5. The van der Waals surface area contributed by atoms with Gasteiger partial charge in [0.1, 0.15) is 4.90 Å². The monoisotopic (exact) mass is 329 g/mol. The molecule has 0 aliphatic carbocycles. The molecule has 0 saturated carbocycles. The Bertz CT molecular complexity index is 1010. The first kappa shape index (κ1) is 15.1. The molecule has 0 atom stereocenters. The number of benzene rings is 2. The van der Waals surface area contributed by atoms with Gasteiger partial charge in [0, 0.05) is 10.9 Å². The van der Waals surface area contributed by atoms with Crippen molar-refractivity contribution >= 4 is 27.0 Å². The minimum atomic E-state index is -4.79. The van der Waals surface area contributed by atoms with Gasteiger partial charge in [0.15, 0.2) is 0 Å². The van der Waals surface area contributed by atoms with E-state index in [0.29, 0.717) is 11.1 Å². The second-order valence-corrected chi connectivity index (χ2v) is 6.19. The fourth-order valence-electron chi connectivity index (χ4n) is 2.45. The Morgan fingerprint density at radius 1 is 0.957 bits per heavy atom. The quantitative estimate of drug-likeness (QED) is 0.716. The fourth-order valence-corrected chi connectivity index (χ4v) is 3.31. The van der Waals surface area contributed by atoms with Crippen molar-refractivity contribution in [3.05, 3.63) is 60.2 Å². The molecule has 0 amide bonds. The lowest BCUT2D eigenvalue weighted by atomic mass is 10.0. The van der Waals surface area contributed by atoms with Gasteiger partial charge in [-0.05, 0) is 6.07 Å². The standard InChI is InChI=1S/C16H11NO5S/c18-16(19)13-11-8-4-5-9-12(11)17-14(15(13)23(20,21)22)10-6-2-1-3-7-10/h1-9H,(H,18,19)(H,20,21,22). The van der Waals surface area contributed by atoms with Gasteiger partial charge in [-0.3, -0.25) is 4.55 Å². The van der Waals surface area contributed by atoms with Crippen molar-refractivity contribution in [1.29, 1.82) is 0 Å². The molecule has 1 heterocycles. The number of carboxylic acids is 1. The van der Waals surface area contributed by atoms with Gasteiger partial charge in [-0.15, -0.1) is 0 Å². The van der Waals surface area contributed by atoms with Crippen molar-refractivity contribution < 1.29 is 22.9 Å². The van der Waals surface area contributed by atoms with Gasteiger partial charge in [0.25, 0.3) is 10.1 Å². The number of hydrogen-bond donors (Lipinski definition) is 2.